The van der Waals surface area contributed by atoms with Crippen LogP contribution in [0.1, 0.15) is 132 Å². The summed E-state index contributed by atoms with van der Waals surface area (Å²) in [6.07, 6.45) is 9.93. The van der Waals surface area contributed by atoms with Crippen LogP contribution in [-0.2, 0) is 15.6 Å². The maximum Gasteiger partial charge on any atom is 0.190 e. The molecule has 1 aliphatic carbocycles. The van der Waals surface area contributed by atoms with Gasteiger partial charge in [0.05, 0.1) is 6.04 Å². The highest BCUT2D eigenvalue weighted by atomic mass is 16.3. The monoisotopic (exact) mass is 562 g/mol. The van der Waals surface area contributed by atoms with Crippen LogP contribution in [0.15, 0.2) is 52.7 Å². The van der Waals surface area contributed by atoms with Gasteiger partial charge in [-0.2, -0.15) is 0 Å². The van der Waals surface area contributed by atoms with Gasteiger partial charge in [0.15, 0.2) is 5.78 Å². The lowest BCUT2D eigenvalue weighted by atomic mass is 9.79. The predicted molar refractivity (Wildman–Crippen MR) is 177 cm³/mol. The fourth-order valence-electron chi connectivity index (χ4n) is 4.75. The summed E-state index contributed by atoms with van der Waals surface area (Å²) in [6.45, 7) is 31.8. The number of benzene rings is 1. The molecule has 2 rings (SSSR count). The zero-order valence-electron chi connectivity index (χ0n) is 28.4. The average Bonchev–Trinajstić information content (AvgIpc) is 2.82. The lowest BCUT2D eigenvalue weighted by molar-refractivity contribution is -0.112. The van der Waals surface area contributed by atoms with Gasteiger partial charge in [-0.1, -0.05) is 120 Å². The van der Waals surface area contributed by atoms with Gasteiger partial charge in [0.25, 0.3) is 0 Å². The van der Waals surface area contributed by atoms with E-state index in [1.54, 1.807) is 0 Å². The van der Waals surface area contributed by atoms with Gasteiger partial charge in [-0.05, 0) is 58.6 Å². The summed E-state index contributed by atoms with van der Waals surface area (Å²) in [5.41, 5.74) is 4.68. The van der Waals surface area contributed by atoms with Crippen molar-refractivity contribution in [1.82, 2.24) is 5.32 Å². The van der Waals surface area contributed by atoms with Crippen molar-refractivity contribution in [2.45, 2.75) is 139 Å². The Morgan fingerprint density at radius 3 is 2.02 bits per heavy atom. The number of carbonyl (C=O) groups excluding carboxylic acids is 1. The quantitative estimate of drug-likeness (QED) is 0.198. The van der Waals surface area contributed by atoms with Gasteiger partial charge in [0.2, 0.25) is 0 Å². The molecule has 0 saturated heterocycles. The van der Waals surface area contributed by atoms with Crippen molar-refractivity contribution < 1.29 is 9.90 Å². The van der Waals surface area contributed by atoms with Crippen molar-refractivity contribution in [3.05, 3.63) is 64.4 Å². The number of rotatable bonds is 7. The zero-order valence-corrected chi connectivity index (χ0v) is 28.4. The first kappa shape index (κ1) is 34.6. The Bertz CT molecular complexity index is 1200. The Morgan fingerprint density at radius 1 is 0.927 bits per heavy atom. The molecule has 0 spiro atoms. The Labute approximate surface area is 251 Å². The molecular weight excluding hydrogens is 504 g/mol. The van der Waals surface area contributed by atoms with Gasteiger partial charge in [0.1, 0.15) is 5.75 Å². The highest BCUT2D eigenvalue weighted by Crippen LogP contribution is 2.37. The summed E-state index contributed by atoms with van der Waals surface area (Å²) in [6, 6.07) is 4.36. The maximum atomic E-state index is 13.6. The second-order valence-corrected chi connectivity index (χ2v) is 16.1. The third-order valence-corrected chi connectivity index (χ3v) is 8.40. The molecule has 0 aliphatic heterocycles. The fraction of sp³-hybridized carbons (Fsp3) is 0.622. The van der Waals surface area contributed by atoms with Gasteiger partial charge in [-0.15, -0.1) is 0 Å². The van der Waals surface area contributed by atoms with Crippen molar-refractivity contribution in [1.29, 1.82) is 0 Å². The van der Waals surface area contributed by atoms with Crippen LogP contribution in [0.2, 0.25) is 0 Å². The van der Waals surface area contributed by atoms with E-state index < -0.39 is 0 Å². The van der Waals surface area contributed by atoms with Crippen molar-refractivity contribution in [2.75, 3.05) is 0 Å². The highest BCUT2D eigenvalue weighted by Gasteiger charge is 2.28. The molecule has 1 fully saturated rings. The summed E-state index contributed by atoms with van der Waals surface area (Å²) in [4.78, 5) is 18.6. The number of hydrogen-bond donors (Lipinski definition) is 2. The molecule has 0 aromatic heterocycles. The van der Waals surface area contributed by atoms with E-state index in [4.69, 9.17) is 4.99 Å². The molecule has 1 aromatic rings. The largest absolute Gasteiger partial charge is 0.507 e. The third-order valence-electron chi connectivity index (χ3n) is 8.40. The minimum atomic E-state index is -0.313. The first-order valence-electron chi connectivity index (χ1n) is 15.3. The highest BCUT2D eigenvalue weighted by molar-refractivity contribution is 6.10. The van der Waals surface area contributed by atoms with Crippen molar-refractivity contribution >= 4 is 12.0 Å². The molecule has 0 radical (unpaired) electrons. The average molecular weight is 563 g/mol. The summed E-state index contributed by atoms with van der Waals surface area (Å²) < 4.78 is 0. The molecule has 1 aromatic carbocycles. The molecule has 2 atom stereocenters. The number of phenolic OH excluding ortho intramolecular Hbond substituents is 1. The number of nitrogens with one attached hydrogen (secondary N) is 1. The van der Waals surface area contributed by atoms with Gasteiger partial charge < -0.3 is 10.4 Å². The Hall–Kier alpha value is -2.62. The van der Waals surface area contributed by atoms with E-state index in [2.05, 4.69) is 93.3 Å². The first-order chi connectivity index (χ1) is 18.5. The number of hydrogen-bond acceptors (Lipinski definition) is 4. The third kappa shape index (κ3) is 9.45. The molecule has 0 unspecified atom stereocenters. The Balaban J connectivity index is 2.48. The number of nitrogens with zero attached hydrogens (tertiary/aromatic N) is 1. The predicted octanol–water partition coefficient (Wildman–Crippen LogP) is 9.35. The molecule has 4 heteroatoms. The summed E-state index contributed by atoms with van der Waals surface area (Å²) >= 11 is 0. The molecule has 228 valence electrons. The minimum absolute atomic E-state index is 0.0249. The molecule has 4 nitrogen and oxygen atoms in total. The van der Waals surface area contributed by atoms with Crippen LogP contribution >= 0.6 is 0 Å². The van der Waals surface area contributed by atoms with E-state index in [9.17, 15) is 9.90 Å². The molecule has 2 N–H and O–H groups in total. The second-order valence-electron chi connectivity index (χ2n) is 16.1. The smallest absolute Gasteiger partial charge is 0.190 e. The van der Waals surface area contributed by atoms with Crippen LogP contribution in [0.4, 0.5) is 0 Å². The van der Waals surface area contributed by atoms with E-state index in [0.29, 0.717) is 16.9 Å². The minimum Gasteiger partial charge on any atom is -0.507 e. The van der Waals surface area contributed by atoms with Crippen molar-refractivity contribution in [2.24, 2.45) is 15.8 Å². The molecule has 1 saturated carbocycles. The lowest BCUT2D eigenvalue weighted by Gasteiger charge is -2.30. The molecular formula is C37H58N2O2. The fourth-order valence-corrected chi connectivity index (χ4v) is 4.75. The Kier molecular flexibility index (Phi) is 10.7. The lowest BCUT2D eigenvalue weighted by Crippen LogP contribution is -2.39. The summed E-state index contributed by atoms with van der Waals surface area (Å²) in [5.74, 6) is 0.286. The van der Waals surface area contributed by atoms with Crippen LogP contribution in [-0.4, -0.2) is 29.2 Å². The number of aromatic hydroxyl groups is 1. The molecule has 1 aliphatic rings. The van der Waals surface area contributed by atoms with Gasteiger partial charge >= 0.3 is 0 Å². The molecule has 0 bridgehead atoms. The van der Waals surface area contributed by atoms with Crippen LogP contribution in [0.5, 0.6) is 5.75 Å². The van der Waals surface area contributed by atoms with Gasteiger partial charge in [-0.3, -0.25) is 9.79 Å². The molecule has 0 amide bonds. The number of ketones is 1. The van der Waals surface area contributed by atoms with E-state index in [1.165, 1.54) is 5.56 Å². The summed E-state index contributed by atoms with van der Waals surface area (Å²) in [7, 11) is 0. The summed E-state index contributed by atoms with van der Waals surface area (Å²) in [5, 5.41) is 14.8. The Morgan fingerprint density at radius 2 is 1.51 bits per heavy atom. The normalized spacial score (nSPS) is 19.9. The number of aliphatic imine (C=N–C) groups is 1. The maximum absolute atomic E-state index is 13.6. The number of carbonyl (C=O) groups is 1. The van der Waals surface area contributed by atoms with E-state index in [1.807, 2.05) is 39.3 Å². The first-order valence-corrected chi connectivity index (χ1v) is 15.3. The van der Waals surface area contributed by atoms with E-state index in [0.717, 1.165) is 42.4 Å². The van der Waals surface area contributed by atoms with Gasteiger partial charge in [0, 0.05) is 35.2 Å². The van der Waals surface area contributed by atoms with Crippen molar-refractivity contribution in [3.8, 4) is 5.75 Å². The van der Waals surface area contributed by atoms with E-state index >= 15 is 0 Å². The molecule has 41 heavy (non-hydrogen) atoms. The standard InChI is InChI=1S/C37H58N2O2/c1-24(34(3,4)5)19-26(32(40)25(2)35(6,7)8)22-38-30-17-15-16-18-31(30)39-23-27-20-28(36(9,10)11)21-29(33(27)41)37(12,13)14/h19-23,30-31,38,41H,2,15-18H2,1,3-14H3/b24-19+,26-22?,39-23?/t30-,31-/m1/s1. The van der Waals surface area contributed by atoms with Crippen LogP contribution in [0.3, 0.4) is 0 Å². The zero-order chi connectivity index (χ0) is 31.6. The van der Waals surface area contributed by atoms with E-state index in [-0.39, 0.29) is 39.5 Å². The van der Waals surface area contributed by atoms with Crippen molar-refractivity contribution in [3.63, 3.8) is 0 Å². The molecule has 0 heterocycles. The number of Topliss-reactive ketones (excluding diaryl/α,β-unsaturated/α-hetero) is 1. The van der Waals surface area contributed by atoms with Gasteiger partial charge in [-0.25, -0.2) is 0 Å². The number of phenols is 1. The van der Waals surface area contributed by atoms with Crippen LogP contribution in [0, 0.1) is 10.8 Å². The second kappa shape index (κ2) is 12.7. The van der Waals surface area contributed by atoms with Crippen LogP contribution in [0.25, 0.3) is 0 Å². The van der Waals surface area contributed by atoms with Crippen LogP contribution < -0.4 is 5.32 Å². The topological polar surface area (TPSA) is 61.7 Å². The SMILES string of the molecule is C=C(C(=O)C(=CN[C@@H]1CCCC[C@H]1N=Cc1cc(C(C)(C)C)cc(C(C)(C)C)c1O)/C=C(\C)C(C)(C)C)C(C)(C)C. The number of allylic oxidation sites excluding steroid dienone is 4.